The maximum Gasteiger partial charge on any atom is 0.264 e. The summed E-state index contributed by atoms with van der Waals surface area (Å²) < 4.78 is 29.2. The van der Waals surface area contributed by atoms with Crippen LogP contribution in [0.3, 0.4) is 0 Å². The van der Waals surface area contributed by atoms with E-state index in [1.807, 2.05) is 94.4 Å². The van der Waals surface area contributed by atoms with Crippen LogP contribution in [0.2, 0.25) is 0 Å². The molecule has 4 aromatic rings. The molecule has 0 aliphatic heterocycles. The Morgan fingerprint density at radius 2 is 1.30 bits per heavy atom. The van der Waals surface area contributed by atoms with Gasteiger partial charge in [0.25, 0.3) is 10.0 Å². The summed E-state index contributed by atoms with van der Waals surface area (Å²) in [6.07, 6.45) is 1.00. The SMILES string of the molecule is CC[C@@H](C)NC(=O)[C@@H](Cc1ccccc1)N(Cc1ccc(C)cc1)C(=O)CN(c1ccc(C)cc1)S(=O)(=O)c1ccccc1. The monoisotopic (exact) mass is 611 g/mol. The second-order valence-corrected chi connectivity index (χ2v) is 13.1. The van der Waals surface area contributed by atoms with Crippen molar-refractivity contribution in [3.05, 3.63) is 131 Å². The Balaban J connectivity index is 1.79. The van der Waals surface area contributed by atoms with Crippen LogP contribution in [0, 0.1) is 13.8 Å². The van der Waals surface area contributed by atoms with Crippen molar-refractivity contribution < 1.29 is 18.0 Å². The number of aryl methyl sites for hydroxylation is 2. The molecular formula is C36H41N3O4S. The first-order valence-electron chi connectivity index (χ1n) is 14.9. The van der Waals surface area contributed by atoms with Crippen molar-refractivity contribution in [3.8, 4) is 0 Å². The third-order valence-corrected chi connectivity index (χ3v) is 9.47. The molecule has 0 saturated carbocycles. The molecule has 7 nitrogen and oxygen atoms in total. The number of amides is 2. The summed E-state index contributed by atoms with van der Waals surface area (Å²) in [6, 6.07) is 31.5. The summed E-state index contributed by atoms with van der Waals surface area (Å²) in [5.41, 5.74) is 4.13. The number of hydrogen-bond donors (Lipinski definition) is 1. The number of rotatable bonds is 13. The lowest BCUT2D eigenvalue weighted by molar-refractivity contribution is -0.140. The fourth-order valence-electron chi connectivity index (χ4n) is 4.84. The highest BCUT2D eigenvalue weighted by molar-refractivity contribution is 7.92. The van der Waals surface area contributed by atoms with E-state index < -0.39 is 28.5 Å². The minimum Gasteiger partial charge on any atom is -0.352 e. The number of carbonyl (C=O) groups is 2. The molecule has 0 aromatic heterocycles. The average molecular weight is 612 g/mol. The first kappa shape index (κ1) is 32.5. The molecule has 0 fully saturated rings. The largest absolute Gasteiger partial charge is 0.352 e. The fraction of sp³-hybridized carbons (Fsp3) is 0.278. The van der Waals surface area contributed by atoms with Crippen molar-refractivity contribution in [3.63, 3.8) is 0 Å². The van der Waals surface area contributed by atoms with Gasteiger partial charge in [-0.3, -0.25) is 13.9 Å². The van der Waals surface area contributed by atoms with Crippen LogP contribution in [0.4, 0.5) is 5.69 Å². The van der Waals surface area contributed by atoms with E-state index in [0.29, 0.717) is 5.69 Å². The van der Waals surface area contributed by atoms with E-state index in [4.69, 9.17) is 0 Å². The average Bonchev–Trinajstić information content (AvgIpc) is 3.03. The molecule has 0 spiro atoms. The minimum absolute atomic E-state index is 0.0776. The van der Waals surface area contributed by atoms with Gasteiger partial charge >= 0.3 is 0 Å². The van der Waals surface area contributed by atoms with Gasteiger partial charge in [-0.2, -0.15) is 0 Å². The fourth-order valence-corrected chi connectivity index (χ4v) is 6.28. The molecule has 0 saturated heterocycles. The van der Waals surface area contributed by atoms with Gasteiger partial charge < -0.3 is 10.2 Å². The standard InChI is InChI=1S/C36H41N3O4S/c1-5-29(4)37-36(41)34(24-30-12-8-6-9-13-30)38(25-31-20-16-27(2)17-21-31)35(40)26-39(32-22-18-28(3)19-23-32)44(42,43)33-14-10-7-11-15-33/h6-23,29,34H,5,24-26H2,1-4H3,(H,37,41)/t29-,34-/m1/s1. The molecule has 0 aliphatic rings. The van der Waals surface area contributed by atoms with Gasteiger partial charge in [-0.25, -0.2) is 8.42 Å². The van der Waals surface area contributed by atoms with Gasteiger partial charge in [0, 0.05) is 19.0 Å². The number of sulfonamides is 1. The predicted molar refractivity (Wildman–Crippen MR) is 176 cm³/mol. The van der Waals surface area contributed by atoms with Gasteiger partial charge in [-0.15, -0.1) is 0 Å². The Morgan fingerprint density at radius 3 is 1.86 bits per heavy atom. The number of benzene rings is 4. The van der Waals surface area contributed by atoms with Crippen LogP contribution in [0.15, 0.2) is 114 Å². The van der Waals surface area contributed by atoms with Crippen LogP contribution in [0.5, 0.6) is 0 Å². The first-order chi connectivity index (χ1) is 21.1. The molecule has 0 bridgehead atoms. The molecule has 2 atom stereocenters. The maximum atomic E-state index is 14.5. The van der Waals surface area contributed by atoms with Gasteiger partial charge in [0.2, 0.25) is 11.8 Å². The highest BCUT2D eigenvalue weighted by Crippen LogP contribution is 2.25. The van der Waals surface area contributed by atoms with E-state index in [1.54, 1.807) is 30.3 Å². The third kappa shape index (κ3) is 8.35. The Morgan fingerprint density at radius 1 is 0.750 bits per heavy atom. The van der Waals surface area contributed by atoms with E-state index in [1.165, 1.54) is 17.0 Å². The number of nitrogens with zero attached hydrogens (tertiary/aromatic N) is 2. The normalized spacial score (nSPS) is 12.6. The maximum absolute atomic E-state index is 14.5. The zero-order valence-electron chi connectivity index (χ0n) is 25.8. The van der Waals surface area contributed by atoms with Crippen LogP contribution >= 0.6 is 0 Å². The van der Waals surface area contributed by atoms with Gasteiger partial charge in [-0.1, -0.05) is 103 Å². The van der Waals surface area contributed by atoms with Crippen molar-refractivity contribution in [2.24, 2.45) is 0 Å². The molecule has 44 heavy (non-hydrogen) atoms. The van der Waals surface area contributed by atoms with E-state index in [-0.39, 0.29) is 29.8 Å². The zero-order valence-corrected chi connectivity index (χ0v) is 26.6. The topological polar surface area (TPSA) is 86.8 Å². The highest BCUT2D eigenvalue weighted by Gasteiger charge is 2.34. The Bertz CT molecular complexity index is 1620. The molecule has 0 unspecified atom stereocenters. The van der Waals surface area contributed by atoms with E-state index in [2.05, 4.69) is 5.32 Å². The lowest BCUT2D eigenvalue weighted by atomic mass is 10.0. The van der Waals surface area contributed by atoms with Crippen LogP contribution < -0.4 is 9.62 Å². The summed E-state index contributed by atoms with van der Waals surface area (Å²) >= 11 is 0. The van der Waals surface area contributed by atoms with Crippen LogP contribution in [-0.2, 0) is 32.6 Å². The lowest BCUT2D eigenvalue weighted by Crippen LogP contribution is -2.54. The van der Waals surface area contributed by atoms with Crippen molar-refractivity contribution in [2.75, 3.05) is 10.8 Å². The molecule has 4 rings (SSSR count). The molecule has 0 aliphatic carbocycles. The van der Waals surface area contributed by atoms with Crippen molar-refractivity contribution in [2.45, 2.75) is 64.1 Å². The smallest absolute Gasteiger partial charge is 0.264 e. The van der Waals surface area contributed by atoms with E-state index in [0.717, 1.165) is 33.0 Å². The highest BCUT2D eigenvalue weighted by atomic mass is 32.2. The zero-order chi connectivity index (χ0) is 31.7. The summed E-state index contributed by atoms with van der Waals surface area (Å²) in [4.78, 5) is 30.0. The summed E-state index contributed by atoms with van der Waals surface area (Å²) in [5.74, 6) is -0.762. The van der Waals surface area contributed by atoms with Crippen molar-refractivity contribution >= 4 is 27.5 Å². The molecule has 0 heterocycles. The lowest BCUT2D eigenvalue weighted by Gasteiger charge is -2.34. The number of hydrogen-bond acceptors (Lipinski definition) is 4. The Labute approximate surface area is 261 Å². The second-order valence-electron chi connectivity index (χ2n) is 11.2. The van der Waals surface area contributed by atoms with Crippen LogP contribution in [-0.4, -0.2) is 43.8 Å². The molecule has 8 heteroatoms. The predicted octanol–water partition coefficient (Wildman–Crippen LogP) is 6.05. The molecule has 230 valence electrons. The Kier molecular flexibility index (Phi) is 11.0. The van der Waals surface area contributed by atoms with E-state index >= 15 is 0 Å². The molecule has 4 aromatic carbocycles. The van der Waals surface area contributed by atoms with Crippen molar-refractivity contribution in [1.82, 2.24) is 10.2 Å². The van der Waals surface area contributed by atoms with Crippen molar-refractivity contribution in [1.29, 1.82) is 0 Å². The first-order valence-corrected chi connectivity index (χ1v) is 16.4. The summed E-state index contributed by atoms with van der Waals surface area (Å²) in [7, 11) is -4.12. The number of carbonyl (C=O) groups excluding carboxylic acids is 2. The molecule has 1 N–H and O–H groups in total. The third-order valence-electron chi connectivity index (χ3n) is 7.68. The van der Waals surface area contributed by atoms with Gasteiger partial charge in [0.05, 0.1) is 10.6 Å². The minimum atomic E-state index is -4.12. The van der Waals surface area contributed by atoms with E-state index in [9.17, 15) is 18.0 Å². The van der Waals surface area contributed by atoms with Gasteiger partial charge in [0.15, 0.2) is 0 Å². The summed E-state index contributed by atoms with van der Waals surface area (Å²) in [6.45, 7) is 7.47. The molecule has 0 radical (unpaired) electrons. The Hall–Kier alpha value is -4.43. The van der Waals surface area contributed by atoms with Gasteiger partial charge in [0.1, 0.15) is 12.6 Å². The number of anilines is 1. The van der Waals surface area contributed by atoms with Crippen LogP contribution in [0.25, 0.3) is 0 Å². The summed E-state index contributed by atoms with van der Waals surface area (Å²) in [5, 5.41) is 3.06. The van der Waals surface area contributed by atoms with Gasteiger partial charge in [-0.05, 0) is 62.6 Å². The molecular weight excluding hydrogens is 570 g/mol. The second kappa shape index (κ2) is 14.8. The van der Waals surface area contributed by atoms with Crippen LogP contribution in [0.1, 0.15) is 42.5 Å². The molecule has 2 amide bonds. The number of nitrogens with one attached hydrogen (secondary N) is 1. The quantitative estimate of drug-likeness (QED) is 0.199.